The van der Waals surface area contributed by atoms with Crippen LogP contribution in [0, 0.1) is 11.8 Å². The van der Waals surface area contributed by atoms with Gasteiger partial charge in [0.15, 0.2) is 0 Å². The Balaban J connectivity index is 1.67. The normalized spacial score (nSPS) is 25.9. The lowest BCUT2D eigenvalue weighted by molar-refractivity contribution is 0.0523. The summed E-state index contributed by atoms with van der Waals surface area (Å²) in [5.74, 6) is 1.62. The third-order valence-corrected chi connectivity index (χ3v) is 4.68. The Morgan fingerprint density at radius 2 is 1.68 bits per heavy atom. The second kappa shape index (κ2) is 7.61. The third kappa shape index (κ3) is 5.05. The molecule has 3 nitrogen and oxygen atoms in total. The summed E-state index contributed by atoms with van der Waals surface area (Å²) < 4.78 is 5.46. The highest BCUT2D eigenvalue weighted by Gasteiger charge is 2.25. The Labute approximate surface area is 119 Å². The molecule has 1 atom stereocenters. The van der Waals surface area contributed by atoms with Crippen LogP contribution in [-0.4, -0.2) is 49.8 Å². The van der Waals surface area contributed by atoms with Crippen molar-refractivity contribution < 1.29 is 4.74 Å². The van der Waals surface area contributed by atoms with Crippen LogP contribution >= 0.6 is 0 Å². The van der Waals surface area contributed by atoms with E-state index in [1.54, 1.807) is 0 Å². The highest BCUT2D eigenvalue weighted by atomic mass is 16.5. The molecule has 2 rings (SSSR count). The summed E-state index contributed by atoms with van der Waals surface area (Å²) in [6.45, 7) is 12.7. The summed E-state index contributed by atoms with van der Waals surface area (Å²) in [5, 5.41) is 3.88. The zero-order chi connectivity index (χ0) is 13.7. The van der Waals surface area contributed by atoms with Gasteiger partial charge in [-0.2, -0.15) is 0 Å². The molecule has 1 N–H and O–H groups in total. The summed E-state index contributed by atoms with van der Waals surface area (Å²) in [6, 6.07) is 1.40. The van der Waals surface area contributed by atoms with Gasteiger partial charge in [0.2, 0.25) is 0 Å². The SMILES string of the molecule is CC(C)CN1CCC(NC(C)C2CCOCC2)CC1. The minimum Gasteiger partial charge on any atom is -0.381 e. The molecular formula is C16H32N2O. The zero-order valence-electron chi connectivity index (χ0n) is 13.0. The van der Waals surface area contributed by atoms with E-state index in [4.69, 9.17) is 4.74 Å². The number of piperidine rings is 1. The first kappa shape index (κ1) is 15.3. The molecule has 0 aromatic carbocycles. The van der Waals surface area contributed by atoms with Gasteiger partial charge in [0.25, 0.3) is 0 Å². The van der Waals surface area contributed by atoms with Gasteiger partial charge in [0.1, 0.15) is 0 Å². The van der Waals surface area contributed by atoms with E-state index < -0.39 is 0 Å². The molecule has 112 valence electrons. The second-order valence-electron chi connectivity index (χ2n) is 6.87. The number of nitrogens with one attached hydrogen (secondary N) is 1. The van der Waals surface area contributed by atoms with Crippen molar-refractivity contribution in [3.63, 3.8) is 0 Å². The molecule has 0 amide bonds. The second-order valence-corrected chi connectivity index (χ2v) is 6.87. The summed E-state index contributed by atoms with van der Waals surface area (Å²) in [4.78, 5) is 2.63. The van der Waals surface area contributed by atoms with Crippen molar-refractivity contribution in [3.8, 4) is 0 Å². The predicted molar refractivity (Wildman–Crippen MR) is 80.4 cm³/mol. The van der Waals surface area contributed by atoms with E-state index in [9.17, 15) is 0 Å². The van der Waals surface area contributed by atoms with E-state index in [2.05, 4.69) is 31.0 Å². The molecule has 2 aliphatic heterocycles. The topological polar surface area (TPSA) is 24.5 Å². The van der Waals surface area contributed by atoms with Gasteiger partial charge in [-0.1, -0.05) is 13.8 Å². The van der Waals surface area contributed by atoms with E-state index >= 15 is 0 Å². The van der Waals surface area contributed by atoms with Crippen molar-refractivity contribution in [1.82, 2.24) is 10.2 Å². The fourth-order valence-electron chi connectivity index (χ4n) is 3.52. The fourth-order valence-corrected chi connectivity index (χ4v) is 3.52. The minimum atomic E-state index is 0.658. The van der Waals surface area contributed by atoms with Crippen molar-refractivity contribution in [2.45, 2.75) is 58.5 Å². The molecule has 0 bridgehead atoms. The summed E-state index contributed by atoms with van der Waals surface area (Å²) in [7, 11) is 0. The maximum absolute atomic E-state index is 5.46. The van der Waals surface area contributed by atoms with E-state index in [-0.39, 0.29) is 0 Å². The van der Waals surface area contributed by atoms with Gasteiger partial charge in [-0.15, -0.1) is 0 Å². The Morgan fingerprint density at radius 1 is 1.05 bits per heavy atom. The molecule has 3 heteroatoms. The van der Waals surface area contributed by atoms with E-state index in [0.717, 1.165) is 31.1 Å². The number of likely N-dealkylation sites (tertiary alicyclic amines) is 1. The molecule has 2 aliphatic rings. The largest absolute Gasteiger partial charge is 0.381 e. The van der Waals surface area contributed by atoms with Gasteiger partial charge >= 0.3 is 0 Å². The average molecular weight is 268 g/mol. The standard InChI is InChI=1S/C16H32N2O/c1-13(2)12-18-8-4-16(5-9-18)17-14(3)15-6-10-19-11-7-15/h13-17H,4-12H2,1-3H3. The number of hydrogen-bond acceptors (Lipinski definition) is 3. The molecule has 0 aromatic heterocycles. The van der Waals surface area contributed by atoms with Crippen LogP contribution in [0.5, 0.6) is 0 Å². The van der Waals surface area contributed by atoms with Crippen LogP contribution in [0.15, 0.2) is 0 Å². The molecule has 0 aromatic rings. The number of hydrogen-bond donors (Lipinski definition) is 1. The van der Waals surface area contributed by atoms with Gasteiger partial charge in [0, 0.05) is 31.8 Å². The number of rotatable bonds is 5. The van der Waals surface area contributed by atoms with Crippen molar-refractivity contribution in [2.24, 2.45) is 11.8 Å². The molecule has 2 fully saturated rings. The van der Waals surface area contributed by atoms with Crippen LogP contribution in [0.25, 0.3) is 0 Å². The monoisotopic (exact) mass is 268 g/mol. The highest BCUT2D eigenvalue weighted by molar-refractivity contribution is 4.83. The third-order valence-electron chi connectivity index (χ3n) is 4.68. The lowest BCUT2D eigenvalue weighted by atomic mass is 9.91. The maximum atomic E-state index is 5.46. The van der Waals surface area contributed by atoms with Crippen LogP contribution in [0.4, 0.5) is 0 Å². The van der Waals surface area contributed by atoms with Gasteiger partial charge in [0.05, 0.1) is 0 Å². The Hall–Kier alpha value is -0.120. The summed E-state index contributed by atoms with van der Waals surface area (Å²) in [5.41, 5.74) is 0. The van der Waals surface area contributed by atoms with Gasteiger partial charge in [-0.3, -0.25) is 0 Å². The molecule has 0 aliphatic carbocycles. The fraction of sp³-hybridized carbons (Fsp3) is 1.00. The van der Waals surface area contributed by atoms with Crippen LogP contribution < -0.4 is 5.32 Å². The molecule has 0 saturated carbocycles. The van der Waals surface area contributed by atoms with Crippen LogP contribution in [0.3, 0.4) is 0 Å². The van der Waals surface area contributed by atoms with E-state index in [1.807, 2.05) is 0 Å². The average Bonchev–Trinajstić information content (AvgIpc) is 2.41. The lowest BCUT2D eigenvalue weighted by Gasteiger charge is -2.37. The molecule has 2 heterocycles. The van der Waals surface area contributed by atoms with Gasteiger partial charge in [-0.05, 0) is 57.5 Å². The number of ether oxygens (including phenoxy) is 1. The van der Waals surface area contributed by atoms with E-state index in [1.165, 1.54) is 45.3 Å². The Kier molecular flexibility index (Phi) is 6.11. The smallest absolute Gasteiger partial charge is 0.0469 e. The molecule has 0 spiro atoms. The molecule has 1 unspecified atom stereocenters. The zero-order valence-corrected chi connectivity index (χ0v) is 13.0. The summed E-state index contributed by atoms with van der Waals surface area (Å²) >= 11 is 0. The Morgan fingerprint density at radius 3 is 2.26 bits per heavy atom. The van der Waals surface area contributed by atoms with Crippen LogP contribution in [0.1, 0.15) is 46.5 Å². The van der Waals surface area contributed by atoms with Crippen LogP contribution in [0.2, 0.25) is 0 Å². The first-order chi connectivity index (χ1) is 9.15. The van der Waals surface area contributed by atoms with E-state index in [0.29, 0.717) is 6.04 Å². The molecule has 19 heavy (non-hydrogen) atoms. The maximum Gasteiger partial charge on any atom is 0.0469 e. The first-order valence-electron chi connectivity index (χ1n) is 8.21. The highest BCUT2D eigenvalue weighted by Crippen LogP contribution is 2.20. The molecule has 2 saturated heterocycles. The van der Waals surface area contributed by atoms with Crippen molar-refractivity contribution in [3.05, 3.63) is 0 Å². The Bertz CT molecular complexity index is 243. The first-order valence-corrected chi connectivity index (χ1v) is 8.21. The van der Waals surface area contributed by atoms with Crippen molar-refractivity contribution in [2.75, 3.05) is 32.8 Å². The quantitative estimate of drug-likeness (QED) is 0.829. The summed E-state index contributed by atoms with van der Waals surface area (Å²) in [6.07, 6.45) is 5.11. The minimum absolute atomic E-state index is 0.658. The molecular weight excluding hydrogens is 236 g/mol. The van der Waals surface area contributed by atoms with Gasteiger partial charge < -0.3 is 15.0 Å². The lowest BCUT2D eigenvalue weighted by Crippen LogP contribution is -2.48. The molecule has 0 radical (unpaired) electrons. The van der Waals surface area contributed by atoms with Gasteiger partial charge in [-0.25, -0.2) is 0 Å². The van der Waals surface area contributed by atoms with Crippen molar-refractivity contribution in [1.29, 1.82) is 0 Å². The van der Waals surface area contributed by atoms with Crippen LogP contribution in [-0.2, 0) is 4.74 Å². The predicted octanol–water partition coefficient (Wildman–Crippen LogP) is 2.51. The number of nitrogens with zero attached hydrogens (tertiary/aromatic N) is 1. The van der Waals surface area contributed by atoms with Crippen molar-refractivity contribution >= 4 is 0 Å².